The van der Waals surface area contributed by atoms with Gasteiger partial charge in [0.25, 0.3) is 0 Å². The summed E-state index contributed by atoms with van der Waals surface area (Å²) >= 11 is 0. The van der Waals surface area contributed by atoms with Gasteiger partial charge in [-0.1, -0.05) is 37.8 Å². The van der Waals surface area contributed by atoms with E-state index in [1.165, 1.54) is 0 Å². The van der Waals surface area contributed by atoms with Crippen molar-refractivity contribution in [3.63, 3.8) is 0 Å². The van der Waals surface area contributed by atoms with Crippen LogP contribution >= 0.6 is 0 Å². The number of nitrogens with two attached hydrogens (primary N) is 1. The van der Waals surface area contributed by atoms with E-state index >= 15 is 0 Å². The summed E-state index contributed by atoms with van der Waals surface area (Å²) in [5, 5.41) is 18.5. The summed E-state index contributed by atoms with van der Waals surface area (Å²) in [5.74, 6) is 6.13. The van der Waals surface area contributed by atoms with Crippen molar-refractivity contribution < 1.29 is 10.2 Å². The molecule has 0 radical (unpaired) electrons. The summed E-state index contributed by atoms with van der Waals surface area (Å²) in [6.07, 6.45) is 2.55. The number of rotatable bonds is 6. The average Bonchev–Trinajstić information content (AvgIpc) is 2.50. The molecule has 3 heteroatoms. The smallest absolute Gasteiger partial charge is 0.0802 e. The third-order valence-corrected chi connectivity index (χ3v) is 2.65. The molecule has 0 aromatic heterocycles. The normalized spacial score (nSPS) is 10.8. The fourth-order valence-corrected chi connectivity index (χ4v) is 1.64. The molecule has 1 unspecified atom stereocenters. The van der Waals surface area contributed by atoms with Gasteiger partial charge in [0.1, 0.15) is 0 Å². The lowest BCUT2D eigenvalue weighted by molar-refractivity contribution is 0.170. The van der Waals surface area contributed by atoms with Crippen molar-refractivity contribution in [1.29, 1.82) is 0 Å². The van der Waals surface area contributed by atoms with Gasteiger partial charge in [-0.05, 0) is 43.5 Å². The zero-order valence-corrected chi connectivity index (χ0v) is 12.6. The van der Waals surface area contributed by atoms with E-state index in [0.29, 0.717) is 13.0 Å². The first-order chi connectivity index (χ1) is 9.77. The molecule has 112 valence electrons. The van der Waals surface area contributed by atoms with Crippen molar-refractivity contribution in [2.75, 3.05) is 13.2 Å². The van der Waals surface area contributed by atoms with E-state index in [9.17, 15) is 5.11 Å². The highest BCUT2D eigenvalue weighted by atomic mass is 16.3. The van der Waals surface area contributed by atoms with E-state index in [0.717, 1.165) is 30.4 Å². The van der Waals surface area contributed by atoms with Crippen LogP contribution in [0.4, 0.5) is 0 Å². The van der Waals surface area contributed by atoms with Crippen molar-refractivity contribution >= 4 is 0 Å². The molecule has 0 heterocycles. The first-order valence-electron chi connectivity index (χ1n) is 7.35. The van der Waals surface area contributed by atoms with Crippen LogP contribution in [0.25, 0.3) is 0 Å². The molecule has 0 aliphatic rings. The summed E-state index contributed by atoms with van der Waals surface area (Å²) in [6.45, 7) is 4.70. The predicted molar refractivity (Wildman–Crippen MR) is 84.2 cm³/mol. The number of hydrogen-bond acceptors (Lipinski definition) is 3. The minimum absolute atomic E-state index is 0.225. The summed E-state index contributed by atoms with van der Waals surface area (Å²) in [4.78, 5) is 0. The molecule has 1 aromatic rings. The SMILES string of the molecule is CC.NCCC(O)c1cccc(C#CCCCCO)c1. The molecule has 0 amide bonds. The van der Waals surface area contributed by atoms with Crippen LogP contribution in [0.1, 0.15) is 56.8 Å². The van der Waals surface area contributed by atoms with E-state index in [-0.39, 0.29) is 6.61 Å². The number of aliphatic hydroxyl groups is 2. The van der Waals surface area contributed by atoms with Crippen LogP contribution in [0.5, 0.6) is 0 Å². The average molecular weight is 277 g/mol. The van der Waals surface area contributed by atoms with Crippen LogP contribution < -0.4 is 5.73 Å². The Kier molecular flexibility index (Phi) is 11.8. The first kappa shape index (κ1) is 18.7. The van der Waals surface area contributed by atoms with E-state index in [2.05, 4.69) is 11.8 Å². The molecule has 1 aromatic carbocycles. The Bertz CT molecular complexity index is 407. The molecular weight excluding hydrogens is 250 g/mol. The molecule has 1 atom stereocenters. The van der Waals surface area contributed by atoms with Gasteiger partial charge in [-0.3, -0.25) is 0 Å². The number of hydrogen-bond donors (Lipinski definition) is 3. The topological polar surface area (TPSA) is 66.5 Å². The first-order valence-corrected chi connectivity index (χ1v) is 7.35. The Morgan fingerprint density at radius 3 is 2.65 bits per heavy atom. The monoisotopic (exact) mass is 277 g/mol. The van der Waals surface area contributed by atoms with Gasteiger partial charge in [0.15, 0.2) is 0 Å². The lowest BCUT2D eigenvalue weighted by Gasteiger charge is -2.09. The Morgan fingerprint density at radius 2 is 2.00 bits per heavy atom. The highest BCUT2D eigenvalue weighted by Crippen LogP contribution is 2.16. The standard InChI is InChI=1S/C15H21NO2.C2H6/c16-10-9-15(18)14-8-5-7-13(12-14)6-3-1-2-4-11-17;1-2/h5,7-8,12,15,17-18H,1-2,4,9-11,16H2;1-2H3. The van der Waals surface area contributed by atoms with Gasteiger partial charge in [0.2, 0.25) is 0 Å². The van der Waals surface area contributed by atoms with Crippen molar-refractivity contribution in [3.05, 3.63) is 35.4 Å². The largest absolute Gasteiger partial charge is 0.396 e. The maximum atomic E-state index is 9.83. The third kappa shape index (κ3) is 7.96. The number of unbranched alkanes of at least 4 members (excludes halogenated alkanes) is 2. The van der Waals surface area contributed by atoms with Crippen molar-refractivity contribution in [1.82, 2.24) is 0 Å². The second-order valence-corrected chi connectivity index (χ2v) is 4.20. The number of aliphatic hydroxyl groups excluding tert-OH is 2. The van der Waals surface area contributed by atoms with Gasteiger partial charge < -0.3 is 15.9 Å². The third-order valence-electron chi connectivity index (χ3n) is 2.65. The molecular formula is C17H27NO2. The molecule has 0 fully saturated rings. The van der Waals surface area contributed by atoms with E-state index in [1.807, 2.05) is 38.1 Å². The summed E-state index contributed by atoms with van der Waals surface area (Å²) in [5.41, 5.74) is 7.20. The lowest BCUT2D eigenvalue weighted by Crippen LogP contribution is -2.06. The minimum atomic E-state index is -0.508. The van der Waals surface area contributed by atoms with Crippen LogP contribution in [-0.4, -0.2) is 23.4 Å². The van der Waals surface area contributed by atoms with Gasteiger partial charge >= 0.3 is 0 Å². The quantitative estimate of drug-likeness (QED) is 0.553. The molecule has 0 aliphatic heterocycles. The fraction of sp³-hybridized carbons (Fsp3) is 0.529. The second-order valence-electron chi connectivity index (χ2n) is 4.20. The van der Waals surface area contributed by atoms with E-state index < -0.39 is 6.10 Å². The zero-order chi connectivity index (χ0) is 15.2. The van der Waals surface area contributed by atoms with Crippen LogP contribution in [0, 0.1) is 11.8 Å². The molecule has 0 aliphatic carbocycles. The molecule has 0 spiro atoms. The van der Waals surface area contributed by atoms with E-state index in [1.54, 1.807) is 0 Å². The molecule has 0 saturated heterocycles. The number of benzene rings is 1. The second kappa shape index (κ2) is 12.7. The zero-order valence-electron chi connectivity index (χ0n) is 12.6. The van der Waals surface area contributed by atoms with Crippen LogP contribution in [0.15, 0.2) is 24.3 Å². The predicted octanol–water partition coefficient (Wildman–Crippen LogP) is 2.61. The van der Waals surface area contributed by atoms with Gasteiger partial charge in [-0.15, -0.1) is 0 Å². The minimum Gasteiger partial charge on any atom is -0.396 e. The van der Waals surface area contributed by atoms with Crippen molar-refractivity contribution in [3.8, 4) is 11.8 Å². The van der Waals surface area contributed by atoms with Crippen molar-refractivity contribution in [2.24, 2.45) is 5.73 Å². The summed E-state index contributed by atoms with van der Waals surface area (Å²) in [6, 6.07) is 7.61. The summed E-state index contributed by atoms with van der Waals surface area (Å²) in [7, 11) is 0. The Morgan fingerprint density at radius 1 is 1.25 bits per heavy atom. The molecule has 4 N–H and O–H groups in total. The molecule has 3 nitrogen and oxygen atoms in total. The van der Waals surface area contributed by atoms with E-state index in [4.69, 9.17) is 10.8 Å². The Balaban J connectivity index is 0.00000172. The molecule has 0 bridgehead atoms. The van der Waals surface area contributed by atoms with Crippen molar-refractivity contribution in [2.45, 2.75) is 45.6 Å². The van der Waals surface area contributed by atoms with Gasteiger partial charge in [-0.2, -0.15) is 0 Å². The van der Waals surface area contributed by atoms with Gasteiger partial charge in [0, 0.05) is 18.6 Å². The Labute approximate surface area is 122 Å². The van der Waals surface area contributed by atoms with Crippen LogP contribution in [0.2, 0.25) is 0 Å². The lowest BCUT2D eigenvalue weighted by atomic mass is 10.0. The molecule has 20 heavy (non-hydrogen) atoms. The van der Waals surface area contributed by atoms with Gasteiger partial charge in [0.05, 0.1) is 6.10 Å². The van der Waals surface area contributed by atoms with Crippen LogP contribution in [-0.2, 0) is 0 Å². The maximum absolute atomic E-state index is 9.83. The highest BCUT2D eigenvalue weighted by Gasteiger charge is 2.05. The highest BCUT2D eigenvalue weighted by molar-refractivity contribution is 5.37. The maximum Gasteiger partial charge on any atom is 0.0802 e. The Hall–Kier alpha value is -1.34. The molecule has 0 saturated carbocycles. The fourth-order valence-electron chi connectivity index (χ4n) is 1.64. The van der Waals surface area contributed by atoms with Gasteiger partial charge in [-0.25, -0.2) is 0 Å². The van der Waals surface area contributed by atoms with Crippen LogP contribution in [0.3, 0.4) is 0 Å². The summed E-state index contributed by atoms with van der Waals surface area (Å²) < 4.78 is 0. The molecule has 1 rings (SSSR count).